The first-order valence-corrected chi connectivity index (χ1v) is 3.91. The lowest BCUT2D eigenvalue weighted by molar-refractivity contribution is 0.0597. The number of thiol groups is 1. The molecular weight excluding hydrogens is 190 g/mol. The average Bonchev–Trinajstić information content (AvgIpc) is 2.13. The molecule has 3 N–H and O–H groups in total. The van der Waals surface area contributed by atoms with Gasteiger partial charge in [-0.05, 0) is 12.1 Å². The number of anilines is 1. The number of carbonyl (C=O) groups excluding carboxylic acids is 1. The highest BCUT2D eigenvalue weighted by atomic mass is 32.1. The predicted octanol–water partition coefficient (Wildman–Crippen LogP) is 1.05. The van der Waals surface area contributed by atoms with Crippen molar-refractivity contribution in [1.82, 2.24) is 0 Å². The van der Waals surface area contributed by atoms with E-state index in [4.69, 9.17) is 5.73 Å². The molecule has 0 amide bonds. The molecule has 0 atom stereocenters. The van der Waals surface area contributed by atoms with Gasteiger partial charge in [0.05, 0.1) is 12.8 Å². The molecule has 0 aliphatic carbocycles. The Bertz CT molecular complexity index is 351. The van der Waals surface area contributed by atoms with Crippen LogP contribution >= 0.6 is 12.6 Å². The van der Waals surface area contributed by atoms with Gasteiger partial charge in [-0.1, -0.05) is 0 Å². The van der Waals surface area contributed by atoms with Crippen molar-refractivity contribution in [1.29, 1.82) is 0 Å². The number of carbonyl (C=O) groups is 1. The van der Waals surface area contributed by atoms with Crippen LogP contribution in [0.5, 0.6) is 5.75 Å². The van der Waals surface area contributed by atoms with Crippen molar-refractivity contribution in [2.75, 3.05) is 12.8 Å². The summed E-state index contributed by atoms with van der Waals surface area (Å²) < 4.78 is 4.43. The van der Waals surface area contributed by atoms with Crippen molar-refractivity contribution in [2.45, 2.75) is 4.90 Å². The molecule has 1 rings (SSSR count). The van der Waals surface area contributed by atoms with Crippen molar-refractivity contribution >= 4 is 24.3 Å². The van der Waals surface area contributed by atoms with E-state index in [1.54, 1.807) is 0 Å². The number of methoxy groups -OCH3 is 1. The zero-order valence-electron chi connectivity index (χ0n) is 6.94. The summed E-state index contributed by atoms with van der Waals surface area (Å²) in [5, 5.41) is 9.41. The Morgan fingerprint density at radius 2 is 2.23 bits per heavy atom. The first kappa shape index (κ1) is 9.73. The zero-order valence-corrected chi connectivity index (χ0v) is 7.84. The number of nitrogen functional groups attached to an aromatic ring is 1. The van der Waals surface area contributed by atoms with E-state index in [0.29, 0.717) is 4.90 Å². The maximum absolute atomic E-state index is 11.0. The summed E-state index contributed by atoms with van der Waals surface area (Å²) in [4.78, 5) is 11.5. The Morgan fingerprint density at radius 3 is 2.77 bits per heavy atom. The van der Waals surface area contributed by atoms with Crippen LogP contribution in [0.3, 0.4) is 0 Å². The monoisotopic (exact) mass is 199 g/mol. The minimum Gasteiger partial charge on any atom is -0.505 e. The van der Waals surface area contributed by atoms with E-state index in [2.05, 4.69) is 17.4 Å². The number of rotatable bonds is 1. The number of hydrogen-bond donors (Lipinski definition) is 3. The van der Waals surface area contributed by atoms with Crippen LogP contribution in [0.15, 0.2) is 17.0 Å². The molecule has 0 spiro atoms. The Morgan fingerprint density at radius 1 is 1.62 bits per heavy atom. The molecule has 0 bridgehead atoms. The van der Waals surface area contributed by atoms with E-state index < -0.39 is 5.97 Å². The first-order valence-electron chi connectivity index (χ1n) is 3.46. The molecular formula is C8H9NO3S. The average molecular weight is 199 g/mol. The fourth-order valence-corrected chi connectivity index (χ4v) is 1.05. The number of nitrogens with two attached hydrogens (primary N) is 1. The quantitative estimate of drug-likeness (QED) is 0.273. The molecule has 0 aromatic heterocycles. The second kappa shape index (κ2) is 3.57. The fourth-order valence-electron chi connectivity index (χ4n) is 0.872. The van der Waals surface area contributed by atoms with Gasteiger partial charge in [0.1, 0.15) is 5.56 Å². The van der Waals surface area contributed by atoms with Crippen LogP contribution in [-0.4, -0.2) is 18.2 Å². The molecule has 13 heavy (non-hydrogen) atoms. The Hall–Kier alpha value is -1.36. The van der Waals surface area contributed by atoms with Crippen molar-refractivity contribution in [2.24, 2.45) is 0 Å². The highest BCUT2D eigenvalue weighted by Crippen LogP contribution is 2.30. The summed E-state index contributed by atoms with van der Waals surface area (Å²) >= 11 is 3.98. The number of esters is 1. The topological polar surface area (TPSA) is 72.5 Å². The molecule has 4 nitrogen and oxygen atoms in total. The van der Waals surface area contributed by atoms with Crippen LogP contribution in [0.4, 0.5) is 5.69 Å². The summed E-state index contributed by atoms with van der Waals surface area (Å²) in [5.41, 5.74) is 5.56. The summed E-state index contributed by atoms with van der Waals surface area (Å²) in [6, 6.07) is 2.92. The summed E-state index contributed by atoms with van der Waals surface area (Å²) in [5.74, 6) is -0.920. The maximum atomic E-state index is 11.0. The Balaban J connectivity index is 3.26. The lowest BCUT2D eigenvalue weighted by atomic mass is 10.2. The summed E-state index contributed by atoms with van der Waals surface area (Å²) in [6.45, 7) is 0. The minimum absolute atomic E-state index is 0.0396. The van der Waals surface area contributed by atoms with E-state index in [-0.39, 0.29) is 17.0 Å². The second-order valence-electron chi connectivity index (χ2n) is 2.39. The molecule has 0 radical (unpaired) electrons. The van der Waals surface area contributed by atoms with Crippen molar-refractivity contribution < 1.29 is 14.6 Å². The highest BCUT2D eigenvalue weighted by Gasteiger charge is 2.14. The molecule has 0 aliphatic rings. The van der Waals surface area contributed by atoms with Gasteiger partial charge in [-0.2, -0.15) is 0 Å². The van der Waals surface area contributed by atoms with Gasteiger partial charge in [0.2, 0.25) is 0 Å². The second-order valence-corrected chi connectivity index (χ2v) is 2.87. The van der Waals surface area contributed by atoms with Crippen molar-refractivity contribution in [3.05, 3.63) is 17.7 Å². The third-order valence-electron chi connectivity index (χ3n) is 1.60. The van der Waals surface area contributed by atoms with Crippen LogP contribution in [0, 0.1) is 0 Å². The van der Waals surface area contributed by atoms with Crippen LogP contribution in [-0.2, 0) is 4.74 Å². The van der Waals surface area contributed by atoms with E-state index in [1.807, 2.05) is 0 Å². The Kier molecular flexibility index (Phi) is 2.67. The standard InChI is InChI=1S/C8H9NO3S/c1-12-8(11)4-2-3-5(13)6(9)7(4)10/h2-3,10,13H,9H2,1H3. The minimum atomic E-state index is -0.627. The van der Waals surface area contributed by atoms with E-state index in [0.717, 1.165) is 0 Å². The smallest absolute Gasteiger partial charge is 0.341 e. The molecule has 70 valence electrons. The van der Waals surface area contributed by atoms with E-state index in [9.17, 15) is 9.90 Å². The van der Waals surface area contributed by atoms with Gasteiger partial charge < -0.3 is 15.6 Å². The molecule has 0 saturated heterocycles. The van der Waals surface area contributed by atoms with Crippen LogP contribution < -0.4 is 5.73 Å². The molecule has 0 saturated carbocycles. The molecule has 1 aromatic carbocycles. The third kappa shape index (κ3) is 1.70. The zero-order chi connectivity index (χ0) is 10.0. The van der Waals surface area contributed by atoms with Gasteiger partial charge in [-0.15, -0.1) is 12.6 Å². The van der Waals surface area contributed by atoms with Crippen LogP contribution in [0.1, 0.15) is 10.4 Å². The molecule has 0 unspecified atom stereocenters. The first-order chi connectivity index (χ1) is 6.07. The van der Waals surface area contributed by atoms with Crippen molar-refractivity contribution in [3.8, 4) is 5.75 Å². The molecule has 0 fully saturated rings. The van der Waals surface area contributed by atoms with E-state index in [1.165, 1.54) is 19.2 Å². The molecule has 0 heterocycles. The number of hydrogen-bond acceptors (Lipinski definition) is 5. The molecule has 1 aromatic rings. The Labute approximate surface area is 80.7 Å². The van der Waals surface area contributed by atoms with E-state index >= 15 is 0 Å². The van der Waals surface area contributed by atoms with Gasteiger partial charge in [0, 0.05) is 4.90 Å². The molecule has 5 heteroatoms. The van der Waals surface area contributed by atoms with Gasteiger partial charge in [0.15, 0.2) is 5.75 Å². The number of phenolic OH excluding ortho intramolecular Hbond substituents is 1. The summed E-state index contributed by atoms with van der Waals surface area (Å²) in [6.07, 6.45) is 0. The SMILES string of the molecule is COC(=O)c1ccc(S)c(N)c1O. The number of phenols is 1. The maximum Gasteiger partial charge on any atom is 0.341 e. The number of ether oxygens (including phenoxy) is 1. The van der Waals surface area contributed by atoms with Gasteiger partial charge in [0.25, 0.3) is 0 Å². The van der Waals surface area contributed by atoms with Gasteiger partial charge in [-0.3, -0.25) is 0 Å². The lowest BCUT2D eigenvalue weighted by Crippen LogP contribution is -2.03. The normalized spacial score (nSPS) is 9.69. The largest absolute Gasteiger partial charge is 0.505 e. The lowest BCUT2D eigenvalue weighted by Gasteiger charge is -2.06. The number of benzene rings is 1. The molecule has 0 aliphatic heterocycles. The van der Waals surface area contributed by atoms with Crippen molar-refractivity contribution in [3.63, 3.8) is 0 Å². The highest BCUT2D eigenvalue weighted by molar-refractivity contribution is 7.80. The third-order valence-corrected chi connectivity index (χ3v) is 1.99. The predicted molar refractivity (Wildman–Crippen MR) is 51.1 cm³/mol. The van der Waals surface area contributed by atoms with Gasteiger partial charge >= 0.3 is 5.97 Å². The van der Waals surface area contributed by atoms with Gasteiger partial charge in [-0.25, -0.2) is 4.79 Å². The fraction of sp³-hybridized carbons (Fsp3) is 0.125. The summed E-state index contributed by atoms with van der Waals surface area (Å²) in [7, 11) is 1.23. The van der Waals surface area contributed by atoms with Crippen LogP contribution in [0.25, 0.3) is 0 Å². The van der Waals surface area contributed by atoms with Crippen LogP contribution in [0.2, 0.25) is 0 Å². The number of aromatic hydroxyl groups is 1.